The van der Waals surface area contributed by atoms with E-state index in [1.807, 2.05) is 4.90 Å². The highest BCUT2D eigenvalue weighted by atomic mass is 16.4. The minimum absolute atomic E-state index is 0.177. The predicted molar refractivity (Wildman–Crippen MR) is 46.1 cm³/mol. The van der Waals surface area contributed by atoms with Crippen LogP contribution in [0.2, 0.25) is 0 Å². The molecule has 0 aromatic carbocycles. The largest absolute Gasteiger partial charge is 0.480 e. The third-order valence-corrected chi connectivity index (χ3v) is 1.89. The van der Waals surface area contributed by atoms with E-state index in [4.69, 9.17) is 5.11 Å². The lowest BCUT2D eigenvalue weighted by Crippen LogP contribution is -2.60. The second-order valence-corrected chi connectivity index (χ2v) is 3.61. The molecular formula is C8H16N2O2. The van der Waals surface area contributed by atoms with Crippen molar-refractivity contribution in [3.05, 3.63) is 0 Å². The second kappa shape index (κ2) is 3.87. The second-order valence-electron chi connectivity index (χ2n) is 3.61. The van der Waals surface area contributed by atoms with Crippen molar-refractivity contribution < 1.29 is 9.90 Å². The number of nitrogens with one attached hydrogen (secondary N) is 1. The Bertz CT molecular complexity index is 164. The van der Waals surface area contributed by atoms with Crippen molar-refractivity contribution in [3.8, 4) is 0 Å². The molecule has 1 fully saturated rings. The predicted octanol–water partition coefficient (Wildman–Crippen LogP) is -0.247. The SMILES string of the molecule is CC(C)NC1CN(CC(=O)O)C1. The van der Waals surface area contributed by atoms with E-state index in [-0.39, 0.29) is 6.54 Å². The van der Waals surface area contributed by atoms with Gasteiger partial charge in [-0.3, -0.25) is 9.69 Å². The fourth-order valence-electron chi connectivity index (χ4n) is 1.47. The Morgan fingerprint density at radius 2 is 2.25 bits per heavy atom. The van der Waals surface area contributed by atoms with Crippen LogP contribution in [-0.2, 0) is 4.79 Å². The van der Waals surface area contributed by atoms with Gasteiger partial charge in [0.2, 0.25) is 0 Å². The average molecular weight is 172 g/mol. The quantitative estimate of drug-likeness (QED) is 0.614. The summed E-state index contributed by atoms with van der Waals surface area (Å²) >= 11 is 0. The van der Waals surface area contributed by atoms with Gasteiger partial charge in [0.25, 0.3) is 0 Å². The molecule has 0 unspecified atom stereocenters. The van der Waals surface area contributed by atoms with E-state index < -0.39 is 5.97 Å². The Morgan fingerprint density at radius 3 is 2.67 bits per heavy atom. The molecule has 0 spiro atoms. The summed E-state index contributed by atoms with van der Waals surface area (Å²) in [6, 6.07) is 0.978. The number of carboxylic acids is 1. The Kier molecular flexibility index (Phi) is 3.05. The van der Waals surface area contributed by atoms with E-state index >= 15 is 0 Å². The van der Waals surface area contributed by atoms with Crippen LogP contribution in [0.4, 0.5) is 0 Å². The number of carbonyl (C=O) groups is 1. The fraction of sp³-hybridized carbons (Fsp3) is 0.875. The van der Waals surface area contributed by atoms with E-state index in [0.717, 1.165) is 13.1 Å². The number of nitrogens with zero attached hydrogens (tertiary/aromatic N) is 1. The molecule has 12 heavy (non-hydrogen) atoms. The lowest BCUT2D eigenvalue weighted by atomic mass is 10.1. The first-order valence-corrected chi connectivity index (χ1v) is 4.28. The van der Waals surface area contributed by atoms with Gasteiger partial charge in [-0.2, -0.15) is 0 Å². The minimum atomic E-state index is -0.738. The van der Waals surface area contributed by atoms with Crippen molar-refractivity contribution in [2.24, 2.45) is 0 Å². The molecule has 2 N–H and O–H groups in total. The molecule has 0 aliphatic carbocycles. The van der Waals surface area contributed by atoms with E-state index in [2.05, 4.69) is 19.2 Å². The first-order valence-electron chi connectivity index (χ1n) is 4.28. The summed E-state index contributed by atoms with van der Waals surface area (Å²) in [7, 11) is 0. The number of hydrogen-bond acceptors (Lipinski definition) is 3. The summed E-state index contributed by atoms with van der Waals surface area (Å²) in [6.07, 6.45) is 0. The average Bonchev–Trinajstić information content (AvgIpc) is 1.80. The minimum Gasteiger partial charge on any atom is -0.480 e. The Morgan fingerprint density at radius 1 is 1.67 bits per heavy atom. The van der Waals surface area contributed by atoms with Crippen LogP contribution in [0.1, 0.15) is 13.8 Å². The van der Waals surface area contributed by atoms with Crippen molar-refractivity contribution in [2.45, 2.75) is 25.9 Å². The maximum Gasteiger partial charge on any atom is 0.317 e. The molecule has 0 aromatic heterocycles. The highest BCUT2D eigenvalue weighted by molar-refractivity contribution is 5.69. The molecule has 1 rings (SSSR count). The normalized spacial score (nSPS) is 19.6. The highest BCUT2D eigenvalue weighted by Crippen LogP contribution is 2.07. The van der Waals surface area contributed by atoms with Crippen LogP contribution in [0.25, 0.3) is 0 Å². The third-order valence-electron chi connectivity index (χ3n) is 1.89. The third kappa shape index (κ3) is 2.79. The number of aliphatic carboxylic acids is 1. The zero-order valence-corrected chi connectivity index (χ0v) is 7.58. The topological polar surface area (TPSA) is 52.6 Å². The summed E-state index contributed by atoms with van der Waals surface area (Å²) in [5, 5.41) is 11.8. The number of likely N-dealkylation sites (tertiary alicyclic amines) is 1. The molecule has 0 radical (unpaired) electrons. The van der Waals surface area contributed by atoms with Crippen molar-refractivity contribution >= 4 is 5.97 Å². The van der Waals surface area contributed by atoms with E-state index in [9.17, 15) is 4.79 Å². The number of hydrogen-bond donors (Lipinski definition) is 2. The Balaban J connectivity index is 2.08. The molecule has 1 aliphatic rings. The van der Waals surface area contributed by atoms with Gasteiger partial charge >= 0.3 is 5.97 Å². The van der Waals surface area contributed by atoms with Crippen molar-refractivity contribution in [2.75, 3.05) is 19.6 Å². The highest BCUT2D eigenvalue weighted by Gasteiger charge is 2.27. The molecule has 4 nitrogen and oxygen atoms in total. The molecule has 70 valence electrons. The van der Waals surface area contributed by atoms with Crippen LogP contribution in [0.3, 0.4) is 0 Å². The van der Waals surface area contributed by atoms with Crippen LogP contribution >= 0.6 is 0 Å². The van der Waals surface area contributed by atoms with Gasteiger partial charge in [0, 0.05) is 25.2 Å². The summed E-state index contributed by atoms with van der Waals surface area (Å²) < 4.78 is 0. The van der Waals surface area contributed by atoms with Crippen LogP contribution in [-0.4, -0.2) is 47.7 Å². The van der Waals surface area contributed by atoms with E-state index in [1.54, 1.807) is 0 Å². The molecule has 0 atom stereocenters. The maximum absolute atomic E-state index is 10.3. The van der Waals surface area contributed by atoms with Gasteiger partial charge in [-0.05, 0) is 0 Å². The Labute approximate surface area is 72.6 Å². The molecule has 1 heterocycles. The van der Waals surface area contributed by atoms with Gasteiger partial charge in [-0.25, -0.2) is 0 Å². The van der Waals surface area contributed by atoms with Gasteiger partial charge in [-0.15, -0.1) is 0 Å². The van der Waals surface area contributed by atoms with Gasteiger partial charge < -0.3 is 10.4 Å². The fourth-order valence-corrected chi connectivity index (χ4v) is 1.47. The zero-order chi connectivity index (χ0) is 9.14. The molecule has 0 bridgehead atoms. The van der Waals surface area contributed by atoms with Gasteiger partial charge in [-0.1, -0.05) is 13.8 Å². The monoisotopic (exact) mass is 172 g/mol. The van der Waals surface area contributed by atoms with Crippen LogP contribution in [0, 0.1) is 0 Å². The summed E-state index contributed by atoms with van der Waals surface area (Å²) in [5.41, 5.74) is 0. The first kappa shape index (κ1) is 9.48. The van der Waals surface area contributed by atoms with Crippen LogP contribution < -0.4 is 5.32 Å². The van der Waals surface area contributed by atoms with E-state index in [0.29, 0.717) is 12.1 Å². The molecule has 0 amide bonds. The van der Waals surface area contributed by atoms with Crippen molar-refractivity contribution in [1.82, 2.24) is 10.2 Å². The molecule has 4 heteroatoms. The zero-order valence-electron chi connectivity index (χ0n) is 7.58. The van der Waals surface area contributed by atoms with Crippen molar-refractivity contribution in [3.63, 3.8) is 0 Å². The lowest BCUT2D eigenvalue weighted by molar-refractivity contribution is -0.139. The van der Waals surface area contributed by atoms with Crippen LogP contribution in [0.5, 0.6) is 0 Å². The van der Waals surface area contributed by atoms with Crippen molar-refractivity contribution in [1.29, 1.82) is 0 Å². The number of carboxylic acid groups (broad SMARTS) is 1. The molecule has 1 aliphatic heterocycles. The summed E-state index contributed by atoms with van der Waals surface area (Å²) in [6.45, 7) is 6.10. The molecule has 0 aromatic rings. The standard InChI is InChI=1S/C8H16N2O2/c1-6(2)9-7-3-10(4-7)5-8(11)12/h6-7,9H,3-5H2,1-2H3,(H,11,12). The molecule has 1 saturated heterocycles. The van der Waals surface area contributed by atoms with Gasteiger partial charge in [0.15, 0.2) is 0 Å². The summed E-state index contributed by atoms with van der Waals surface area (Å²) in [4.78, 5) is 12.2. The summed E-state index contributed by atoms with van der Waals surface area (Å²) in [5.74, 6) is -0.738. The van der Waals surface area contributed by atoms with Gasteiger partial charge in [0.1, 0.15) is 0 Å². The number of rotatable bonds is 4. The van der Waals surface area contributed by atoms with Gasteiger partial charge in [0.05, 0.1) is 6.54 Å². The van der Waals surface area contributed by atoms with E-state index in [1.165, 1.54) is 0 Å². The lowest BCUT2D eigenvalue weighted by Gasteiger charge is -2.39. The molecule has 0 saturated carbocycles. The smallest absolute Gasteiger partial charge is 0.317 e. The van der Waals surface area contributed by atoms with Crippen LogP contribution in [0.15, 0.2) is 0 Å². The maximum atomic E-state index is 10.3. The molecular weight excluding hydrogens is 156 g/mol. The first-order chi connectivity index (χ1) is 5.58. The Hall–Kier alpha value is -0.610.